The molecule has 0 aliphatic heterocycles. The fraction of sp³-hybridized carbons (Fsp3) is 0.133. The first-order chi connectivity index (χ1) is 10.0. The monoisotopic (exact) mass is 286 g/mol. The van der Waals surface area contributed by atoms with Crippen molar-refractivity contribution in [1.82, 2.24) is 0 Å². The van der Waals surface area contributed by atoms with Crippen LogP contribution in [0.2, 0.25) is 0 Å². The zero-order valence-electron chi connectivity index (χ0n) is 11.3. The van der Waals surface area contributed by atoms with Crippen LogP contribution in [-0.2, 0) is 14.3 Å². The van der Waals surface area contributed by atoms with Crippen LogP contribution in [0.3, 0.4) is 0 Å². The quantitative estimate of drug-likeness (QED) is 0.580. The second-order valence-electron chi connectivity index (χ2n) is 4.23. The topological polar surface area (TPSA) is 99.5 Å². The summed E-state index contributed by atoms with van der Waals surface area (Å²) in [5, 5.41) is 20.6. The summed E-state index contributed by atoms with van der Waals surface area (Å²) in [5.74, 6) is -2.04. The van der Waals surface area contributed by atoms with Crippen molar-refractivity contribution in [3.8, 4) is 0 Å². The van der Waals surface area contributed by atoms with E-state index in [1.54, 1.807) is 31.2 Å². The van der Waals surface area contributed by atoms with Crippen LogP contribution in [0, 0.1) is 5.41 Å². The minimum Gasteiger partial charge on any atom is -0.505 e. The average molecular weight is 286 g/mol. The number of aliphatic hydroxyl groups is 1. The molecule has 6 heteroatoms. The summed E-state index contributed by atoms with van der Waals surface area (Å²) in [6, 6.07) is 8.86. The van der Waals surface area contributed by atoms with Gasteiger partial charge >= 0.3 is 5.97 Å². The van der Waals surface area contributed by atoms with Crippen molar-refractivity contribution >= 4 is 23.2 Å². The number of hydrogen-bond donors (Lipinski definition) is 3. The largest absolute Gasteiger partial charge is 0.505 e. The molecule has 1 aliphatic rings. The van der Waals surface area contributed by atoms with Gasteiger partial charge in [0.25, 0.3) is 0 Å². The Morgan fingerprint density at radius 3 is 2.62 bits per heavy atom. The molecule has 2 rings (SSSR count). The van der Waals surface area contributed by atoms with E-state index in [2.05, 4.69) is 5.32 Å². The lowest BCUT2D eigenvalue weighted by atomic mass is 9.97. The van der Waals surface area contributed by atoms with E-state index >= 15 is 0 Å². The molecule has 1 aromatic carbocycles. The van der Waals surface area contributed by atoms with Crippen LogP contribution in [0.25, 0.3) is 0 Å². The van der Waals surface area contributed by atoms with Gasteiger partial charge in [0.05, 0.1) is 12.3 Å². The van der Waals surface area contributed by atoms with E-state index in [0.717, 1.165) is 6.08 Å². The number of para-hydroxylation sites is 1. The molecule has 108 valence electrons. The van der Waals surface area contributed by atoms with Crippen molar-refractivity contribution < 1.29 is 19.4 Å². The number of ketones is 1. The number of carbonyl (C=O) groups is 2. The predicted molar refractivity (Wildman–Crippen MR) is 77.2 cm³/mol. The number of aliphatic hydroxyl groups excluding tert-OH is 1. The first kappa shape index (κ1) is 14.5. The Kier molecular flexibility index (Phi) is 4.18. The lowest BCUT2D eigenvalue weighted by molar-refractivity contribution is -0.138. The van der Waals surface area contributed by atoms with E-state index in [1.165, 1.54) is 0 Å². The zero-order valence-corrected chi connectivity index (χ0v) is 11.3. The molecule has 1 aromatic rings. The van der Waals surface area contributed by atoms with Crippen LogP contribution in [0.15, 0.2) is 53.4 Å². The van der Waals surface area contributed by atoms with Crippen molar-refractivity contribution in [2.45, 2.75) is 6.92 Å². The SMILES string of the molecule is CCOC(=O)C1=C(O)C(Nc2ccccc2)=CC(=O)C1=N. The Labute approximate surface area is 121 Å². The first-order valence-electron chi connectivity index (χ1n) is 6.32. The molecule has 0 bridgehead atoms. The van der Waals surface area contributed by atoms with Gasteiger partial charge in [-0.15, -0.1) is 0 Å². The van der Waals surface area contributed by atoms with E-state index in [1.807, 2.05) is 6.07 Å². The smallest absolute Gasteiger partial charge is 0.344 e. The van der Waals surface area contributed by atoms with Crippen LogP contribution in [0.1, 0.15) is 6.92 Å². The molecule has 0 saturated carbocycles. The predicted octanol–water partition coefficient (Wildman–Crippen LogP) is 1.96. The van der Waals surface area contributed by atoms with Crippen LogP contribution in [0.5, 0.6) is 0 Å². The van der Waals surface area contributed by atoms with E-state index in [0.29, 0.717) is 5.69 Å². The van der Waals surface area contributed by atoms with Gasteiger partial charge in [0.1, 0.15) is 11.3 Å². The summed E-state index contributed by atoms with van der Waals surface area (Å²) < 4.78 is 4.76. The average Bonchev–Trinajstić information content (AvgIpc) is 2.46. The van der Waals surface area contributed by atoms with Crippen LogP contribution >= 0.6 is 0 Å². The third-order valence-electron chi connectivity index (χ3n) is 2.80. The van der Waals surface area contributed by atoms with Crippen molar-refractivity contribution in [3.05, 3.63) is 53.4 Å². The Morgan fingerprint density at radius 1 is 1.33 bits per heavy atom. The highest BCUT2D eigenvalue weighted by Gasteiger charge is 2.31. The second-order valence-corrected chi connectivity index (χ2v) is 4.23. The number of ether oxygens (including phenoxy) is 1. The number of rotatable bonds is 4. The number of nitrogens with one attached hydrogen (secondary N) is 2. The molecule has 0 radical (unpaired) electrons. The van der Waals surface area contributed by atoms with Crippen molar-refractivity contribution in [2.24, 2.45) is 0 Å². The maximum Gasteiger partial charge on any atom is 0.344 e. The molecular weight excluding hydrogens is 272 g/mol. The van der Waals surface area contributed by atoms with Gasteiger partial charge in [-0.3, -0.25) is 10.2 Å². The molecule has 0 unspecified atom stereocenters. The van der Waals surface area contributed by atoms with Crippen molar-refractivity contribution in [1.29, 1.82) is 5.41 Å². The summed E-state index contributed by atoms with van der Waals surface area (Å²) in [6.45, 7) is 1.69. The third-order valence-corrected chi connectivity index (χ3v) is 2.80. The molecule has 0 saturated heterocycles. The summed E-state index contributed by atoms with van der Waals surface area (Å²) >= 11 is 0. The van der Waals surface area contributed by atoms with Crippen LogP contribution in [0.4, 0.5) is 5.69 Å². The first-order valence-corrected chi connectivity index (χ1v) is 6.32. The molecule has 0 atom stereocenters. The Balaban J connectivity index is 2.37. The fourth-order valence-electron chi connectivity index (χ4n) is 1.82. The van der Waals surface area contributed by atoms with Gasteiger partial charge in [-0.25, -0.2) is 4.79 Å². The van der Waals surface area contributed by atoms with Gasteiger partial charge in [0.15, 0.2) is 5.76 Å². The number of anilines is 1. The molecule has 21 heavy (non-hydrogen) atoms. The van der Waals surface area contributed by atoms with Gasteiger partial charge in [-0.05, 0) is 19.1 Å². The number of esters is 1. The minimum atomic E-state index is -0.895. The van der Waals surface area contributed by atoms with Crippen LogP contribution < -0.4 is 5.32 Å². The highest BCUT2D eigenvalue weighted by molar-refractivity contribution is 6.54. The van der Waals surface area contributed by atoms with Crippen molar-refractivity contribution in [3.63, 3.8) is 0 Å². The number of benzene rings is 1. The number of hydrogen-bond acceptors (Lipinski definition) is 6. The van der Waals surface area contributed by atoms with E-state index in [-0.39, 0.29) is 12.3 Å². The summed E-state index contributed by atoms with van der Waals surface area (Å²) in [6.07, 6.45) is 1.08. The maximum absolute atomic E-state index is 11.8. The zero-order chi connectivity index (χ0) is 15.4. The molecule has 0 aromatic heterocycles. The molecule has 0 fully saturated rings. The van der Waals surface area contributed by atoms with Crippen molar-refractivity contribution in [2.75, 3.05) is 11.9 Å². The Hall–Kier alpha value is -2.89. The molecule has 0 spiro atoms. The third kappa shape index (κ3) is 3.00. The summed E-state index contributed by atoms with van der Waals surface area (Å²) in [7, 11) is 0. The molecule has 1 aliphatic carbocycles. The van der Waals surface area contributed by atoms with Gasteiger partial charge in [0.2, 0.25) is 5.78 Å². The van der Waals surface area contributed by atoms with Gasteiger partial charge < -0.3 is 15.2 Å². The molecular formula is C15H14N2O4. The molecule has 6 nitrogen and oxygen atoms in total. The number of carbonyl (C=O) groups excluding carboxylic acids is 2. The Morgan fingerprint density at radius 2 is 2.00 bits per heavy atom. The summed E-state index contributed by atoms with van der Waals surface area (Å²) in [4.78, 5) is 23.5. The van der Waals surface area contributed by atoms with Crippen LogP contribution in [-0.4, -0.2) is 29.2 Å². The maximum atomic E-state index is 11.8. The lowest BCUT2D eigenvalue weighted by Gasteiger charge is -2.18. The fourth-order valence-corrected chi connectivity index (χ4v) is 1.82. The van der Waals surface area contributed by atoms with Gasteiger partial charge in [-0.2, -0.15) is 0 Å². The molecule has 0 heterocycles. The summed E-state index contributed by atoms with van der Waals surface area (Å²) in [5.41, 5.74) is -0.308. The van der Waals surface area contributed by atoms with E-state index < -0.39 is 28.8 Å². The normalized spacial score (nSPS) is 14.8. The number of allylic oxidation sites excluding steroid dienone is 1. The lowest BCUT2D eigenvalue weighted by Crippen LogP contribution is -2.28. The minimum absolute atomic E-state index is 0.0604. The van der Waals surface area contributed by atoms with E-state index in [9.17, 15) is 14.7 Å². The van der Waals surface area contributed by atoms with Gasteiger partial charge in [-0.1, -0.05) is 18.2 Å². The molecule has 0 amide bonds. The highest BCUT2D eigenvalue weighted by atomic mass is 16.5. The Bertz CT molecular complexity index is 660. The van der Waals surface area contributed by atoms with Gasteiger partial charge in [0, 0.05) is 11.8 Å². The highest BCUT2D eigenvalue weighted by Crippen LogP contribution is 2.22. The van der Waals surface area contributed by atoms with E-state index in [4.69, 9.17) is 10.1 Å². The standard InChI is InChI=1S/C15H14N2O4/c1-2-21-15(20)12-13(16)11(18)8-10(14(12)19)17-9-6-4-3-5-7-9/h3-8,16-17,19H,2H2,1H3. The second kappa shape index (κ2) is 6.04. The molecule has 3 N–H and O–H groups in total.